The first-order valence-corrected chi connectivity index (χ1v) is 4.54. The third-order valence-corrected chi connectivity index (χ3v) is 1.67. The molecule has 0 saturated heterocycles. The second-order valence-corrected chi connectivity index (χ2v) is 2.85. The van der Waals surface area contributed by atoms with Gasteiger partial charge >= 0.3 is 5.97 Å². The molecule has 0 unspecified atom stereocenters. The average molecular weight is 191 g/mol. The van der Waals surface area contributed by atoms with Gasteiger partial charge in [-0.15, -0.1) is 0 Å². The maximum atomic E-state index is 11.4. The number of esters is 1. The summed E-state index contributed by atoms with van der Waals surface area (Å²) in [6.07, 6.45) is 4.23. The van der Waals surface area contributed by atoms with E-state index in [0.717, 1.165) is 6.42 Å². The van der Waals surface area contributed by atoms with Crippen LogP contribution in [0.3, 0.4) is 0 Å². The van der Waals surface area contributed by atoms with Crippen molar-refractivity contribution in [2.75, 3.05) is 0 Å². The topological polar surface area (TPSA) is 39.2 Å². The van der Waals surface area contributed by atoms with E-state index >= 15 is 0 Å². The number of allylic oxidation sites excluding steroid dienone is 1. The molecule has 0 atom stereocenters. The Bertz CT molecular complexity index is 330. The minimum absolute atomic E-state index is 0.335. The summed E-state index contributed by atoms with van der Waals surface area (Å²) >= 11 is 0. The minimum Gasteiger partial charge on any atom is -0.404 e. The van der Waals surface area contributed by atoms with E-state index in [1.165, 1.54) is 0 Å². The summed E-state index contributed by atoms with van der Waals surface area (Å²) in [5.41, 5.74) is 0.609. The standard InChI is InChI=1S/C11H13NO2/c1-3-6-9(2)11(13)14-10-7-4-5-8-12-10/h4-8H,3H2,1-2H3. The van der Waals surface area contributed by atoms with Gasteiger partial charge in [0, 0.05) is 17.8 Å². The predicted octanol–water partition coefficient (Wildman–Crippen LogP) is 2.34. The molecule has 3 nitrogen and oxygen atoms in total. The summed E-state index contributed by atoms with van der Waals surface area (Å²) in [6, 6.07) is 5.19. The summed E-state index contributed by atoms with van der Waals surface area (Å²) in [5.74, 6) is -0.00750. The van der Waals surface area contributed by atoms with Crippen LogP contribution in [-0.2, 0) is 4.79 Å². The molecule has 0 radical (unpaired) electrons. The van der Waals surface area contributed by atoms with Gasteiger partial charge in [0.15, 0.2) is 0 Å². The van der Waals surface area contributed by atoms with Crippen molar-refractivity contribution < 1.29 is 9.53 Å². The van der Waals surface area contributed by atoms with Gasteiger partial charge in [-0.1, -0.05) is 19.1 Å². The summed E-state index contributed by atoms with van der Waals surface area (Å²) in [7, 11) is 0. The van der Waals surface area contributed by atoms with Gasteiger partial charge in [0.1, 0.15) is 0 Å². The Morgan fingerprint density at radius 1 is 1.57 bits per heavy atom. The number of rotatable bonds is 3. The number of carbonyl (C=O) groups excluding carboxylic acids is 1. The fraction of sp³-hybridized carbons (Fsp3) is 0.273. The molecule has 3 heteroatoms. The lowest BCUT2D eigenvalue weighted by Gasteiger charge is -2.01. The van der Waals surface area contributed by atoms with Crippen molar-refractivity contribution in [3.63, 3.8) is 0 Å². The number of nitrogens with zero attached hydrogens (tertiary/aromatic N) is 1. The number of pyridine rings is 1. The lowest BCUT2D eigenvalue weighted by atomic mass is 10.2. The zero-order chi connectivity index (χ0) is 10.4. The van der Waals surface area contributed by atoms with Crippen molar-refractivity contribution in [2.45, 2.75) is 20.3 Å². The van der Waals surface area contributed by atoms with Gasteiger partial charge in [0.05, 0.1) is 0 Å². The number of hydrogen-bond acceptors (Lipinski definition) is 3. The van der Waals surface area contributed by atoms with Crippen molar-refractivity contribution in [3.8, 4) is 5.88 Å². The second kappa shape index (κ2) is 5.17. The van der Waals surface area contributed by atoms with Gasteiger partial charge in [-0.05, 0) is 19.4 Å². The second-order valence-electron chi connectivity index (χ2n) is 2.85. The maximum absolute atomic E-state index is 11.4. The number of aromatic nitrogens is 1. The van der Waals surface area contributed by atoms with E-state index in [1.807, 2.05) is 13.0 Å². The molecule has 0 aromatic carbocycles. The third-order valence-electron chi connectivity index (χ3n) is 1.67. The smallest absolute Gasteiger partial charge is 0.340 e. The predicted molar refractivity (Wildman–Crippen MR) is 53.9 cm³/mol. The molecule has 1 aromatic heterocycles. The van der Waals surface area contributed by atoms with E-state index in [4.69, 9.17) is 4.74 Å². The van der Waals surface area contributed by atoms with Crippen LogP contribution in [0.25, 0.3) is 0 Å². The third kappa shape index (κ3) is 3.01. The Kier molecular flexibility index (Phi) is 3.85. The fourth-order valence-corrected chi connectivity index (χ4v) is 0.972. The van der Waals surface area contributed by atoms with Crippen molar-refractivity contribution in [3.05, 3.63) is 36.0 Å². The Balaban J connectivity index is 2.62. The Hall–Kier alpha value is -1.64. The van der Waals surface area contributed by atoms with Crippen molar-refractivity contribution in [1.82, 2.24) is 4.98 Å². The molecule has 0 amide bonds. The molecule has 14 heavy (non-hydrogen) atoms. The molecule has 0 bridgehead atoms. The zero-order valence-corrected chi connectivity index (χ0v) is 8.36. The van der Waals surface area contributed by atoms with E-state index in [2.05, 4.69) is 4.98 Å². The normalized spacial score (nSPS) is 11.1. The summed E-state index contributed by atoms with van der Waals surface area (Å²) < 4.78 is 5.01. The Labute approximate surface area is 83.4 Å². The largest absolute Gasteiger partial charge is 0.404 e. The van der Waals surface area contributed by atoms with Gasteiger partial charge in [-0.25, -0.2) is 9.78 Å². The van der Waals surface area contributed by atoms with E-state index in [-0.39, 0.29) is 5.97 Å². The highest BCUT2D eigenvalue weighted by molar-refractivity contribution is 5.89. The number of carbonyl (C=O) groups is 1. The fourth-order valence-electron chi connectivity index (χ4n) is 0.972. The molecular formula is C11H13NO2. The van der Waals surface area contributed by atoms with Gasteiger partial charge in [0.25, 0.3) is 0 Å². The lowest BCUT2D eigenvalue weighted by Crippen LogP contribution is -2.09. The number of hydrogen-bond donors (Lipinski definition) is 0. The van der Waals surface area contributed by atoms with E-state index in [1.54, 1.807) is 31.3 Å². The molecule has 1 heterocycles. The van der Waals surface area contributed by atoms with Gasteiger partial charge in [-0.2, -0.15) is 0 Å². The SMILES string of the molecule is CCC=C(C)C(=O)Oc1ccccn1. The van der Waals surface area contributed by atoms with Crippen LogP contribution >= 0.6 is 0 Å². The molecule has 74 valence electrons. The molecule has 0 aliphatic carbocycles. The van der Waals surface area contributed by atoms with Crippen LogP contribution < -0.4 is 4.74 Å². The molecule has 0 fully saturated rings. The Morgan fingerprint density at radius 3 is 2.93 bits per heavy atom. The molecule has 0 aliphatic heterocycles. The maximum Gasteiger partial charge on any atom is 0.340 e. The molecule has 0 saturated carbocycles. The summed E-state index contributed by atoms with van der Waals surface area (Å²) in [6.45, 7) is 3.70. The highest BCUT2D eigenvalue weighted by Crippen LogP contribution is 2.06. The van der Waals surface area contributed by atoms with Crippen LogP contribution in [0.15, 0.2) is 36.0 Å². The molecule has 0 aliphatic rings. The monoisotopic (exact) mass is 191 g/mol. The molecule has 0 N–H and O–H groups in total. The summed E-state index contributed by atoms with van der Waals surface area (Å²) in [4.78, 5) is 15.3. The van der Waals surface area contributed by atoms with Crippen LogP contribution in [0.2, 0.25) is 0 Å². The molecular weight excluding hydrogens is 178 g/mol. The average Bonchev–Trinajstić information content (AvgIpc) is 2.19. The van der Waals surface area contributed by atoms with Gasteiger partial charge in [-0.3, -0.25) is 0 Å². The van der Waals surface area contributed by atoms with Crippen LogP contribution in [0.5, 0.6) is 5.88 Å². The van der Waals surface area contributed by atoms with Crippen molar-refractivity contribution >= 4 is 5.97 Å². The number of ether oxygens (including phenoxy) is 1. The highest BCUT2D eigenvalue weighted by atomic mass is 16.5. The van der Waals surface area contributed by atoms with E-state index in [9.17, 15) is 4.79 Å². The van der Waals surface area contributed by atoms with Crippen LogP contribution in [-0.4, -0.2) is 11.0 Å². The van der Waals surface area contributed by atoms with E-state index in [0.29, 0.717) is 11.5 Å². The lowest BCUT2D eigenvalue weighted by molar-refractivity contribution is -0.130. The molecule has 0 spiro atoms. The van der Waals surface area contributed by atoms with Crippen molar-refractivity contribution in [1.29, 1.82) is 0 Å². The quantitative estimate of drug-likeness (QED) is 0.543. The van der Waals surface area contributed by atoms with Crippen LogP contribution in [0.4, 0.5) is 0 Å². The van der Waals surface area contributed by atoms with Gasteiger partial charge in [0.2, 0.25) is 5.88 Å². The van der Waals surface area contributed by atoms with Crippen LogP contribution in [0.1, 0.15) is 20.3 Å². The Morgan fingerprint density at radius 2 is 2.36 bits per heavy atom. The summed E-state index contributed by atoms with van der Waals surface area (Å²) in [5, 5.41) is 0. The van der Waals surface area contributed by atoms with Crippen molar-refractivity contribution in [2.24, 2.45) is 0 Å². The first-order valence-electron chi connectivity index (χ1n) is 4.54. The highest BCUT2D eigenvalue weighted by Gasteiger charge is 2.06. The van der Waals surface area contributed by atoms with Gasteiger partial charge < -0.3 is 4.74 Å². The van der Waals surface area contributed by atoms with Crippen LogP contribution in [0, 0.1) is 0 Å². The first kappa shape index (κ1) is 10.4. The molecule has 1 rings (SSSR count). The minimum atomic E-state index is -0.342. The first-order chi connectivity index (χ1) is 6.74. The molecule has 1 aromatic rings. The van der Waals surface area contributed by atoms with E-state index < -0.39 is 0 Å². The zero-order valence-electron chi connectivity index (χ0n) is 8.36.